The average Bonchev–Trinajstić information content (AvgIpc) is 3.75. The van der Waals surface area contributed by atoms with Gasteiger partial charge in [0.25, 0.3) is 0 Å². The molecule has 0 spiro atoms. The van der Waals surface area contributed by atoms with E-state index in [0.717, 1.165) is 10.9 Å². The zero-order chi connectivity index (χ0) is 34.6. The molecule has 0 saturated carbocycles. The fourth-order valence-corrected chi connectivity index (χ4v) is 6.12. The molecule has 2 heterocycles. The van der Waals surface area contributed by atoms with Crippen molar-refractivity contribution >= 4 is 54.5 Å². The van der Waals surface area contributed by atoms with E-state index in [9.17, 15) is 5.48 Å². The van der Waals surface area contributed by atoms with E-state index in [-0.39, 0.29) is 51.3 Å². The molecule has 2 aromatic heterocycles. The molecule has 0 aliphatic heterocycles. The van der Waals surface area contributed by atoms with E-state index in [0.29, 0.717) is 50.0 Å². The molecular formula is C40H24O2. The highest BCUT2D eigenvalue weighted by atomic mass is 16.3. The summed E-state index contributed by atoms with van der Waals surface area (Å²) < 4.78 is 85.6. The van der Waals surface area contributed by atoms with Crippen LogP contribution in [0, 0.1) is 0 Å². The fraction of sp³-hybridized carbons (Fsp3) is 0. The Kier molecular flexibility index (Phi) is 3.54. The van der Waals surface area contributed by atoms with E-state index in [2.05, 4.69) is 0 Å². The monoisotopic (exact) mass is 544 g/mol. The number of rotatable bonds is 3. The Labute approximate surface area is 253 Å². The molecule has 0 amide bonds. The number of fused-ring (bicyclic) bond motifs is 6. The third-order valence-corrected chi connectivity index (χ3v) is 7.91. The van der Waals surface area contributed by atoms with Gasteiger partial charge in [0, 0.05) is 32.8 Å². The first kappa shape index (κ1) is 16.6. The van der Waals surface area contributed by atoms with Crippen LogP contribution in [0.5, 0.6) is 0 Å². The molecule has 9 rings (SSSR count). The third-order valence-electron chi connectivity index (χ3n) is 7.91. The van der Waals surface area contributed by atoms with Crippen molar-refractivity contribution in [2.24, 2.45) is 0 Å². The highest BCUT2D eigenvalue weighted by Gasteiger charge is 2.24. The summed E-state index contributed by atoms with van der Waals surface area (Å²) in [5, 5.41) is 2.55. The summed E-state index contributed by atoms with van der Waals surface area (Å²) in [7, 11) is 0. The molecule has 0 radical (unpaired) electrons. The maximum atomic E-state index is 9.40. The van der Waals surface area contributed by atoms with Crippen molar-refractivity contribution in [3.63, 3.8) is 0 Å². The van der Waals surface area contributed by atoms with E-state index >= 15 is 0 Å². The maximum absolute atomic E-state index is 9.40. The fourth-order valence-electron chi connectivity index (χ4n) is 6.12. The molecule has 42 heavy (non-hydrogen) atoms. The smallest absolute Gasteiger partial charge is 0.144 e. The van der Waals surface area contributed by atoms with Crippen molar-refractivity contribution in [1.82, 2.24) is 0 Å². The molecule has 0 unspecified atom stereocenters. The van der Waals surface area contributed by atoms with Gasteiger partial charge >= 0.3 is 0 Å². The predicted molar refractivity (Wildman–Crippen MR) is 175 cm³/mol. The van der Waals surface area contributed by atoms with E-state index in [4.69, 9.17) is 14.3 Å². The minimum absolute atomic E-state index is 0.115. The molecule has 2 nitrogen and oxygen atoms in total. The Morgan fingerprint density at radius 1 is 0.405 bits per heavy atom. The predicted octanol–water partition coefficient (Wildman–Crippen LogP) is 11.6. The molecule has 0 saturated heterocycles. The van der Waals surface area contributed by atoms with E-state index < -0.39 is 24.2 Å². The number of furan rings is 2. The minimum Gasteiger partial charge on any atom is -0.456 e. The topological polar surface area (TPSA) is 26.3 Å². The second-order valence-electron chi connectivity index (χ2n) is 10.2. The van der Waals surface area contributed by atoms with Crippen molar-refractivity contribution in [2.45, 2.75) is 0 Å². The number of benzene rings is 7. The molecule has 0 N–H and O–H groups in total. The van der Waals surface area contributed by atoms with Crippen LogP contribution in [0.3, 0.4) is 0 Å². The summed E-state index contributed by atoms with van der Waals surface area (Å²) in [6.45, 7) is 0. The van der Waals surface area contributed by atoms with Gasteiger partial charge in [-0.15, -0.1) is 0 Å². The highest BCUT2D eigenvalue weighted by molar-refractivity contribution is 6.28. The lowest BCUT2D eigenvalue weighted by molar-refractivity contribution is 0.631. The number of hydrogen-bond acceptors (Lipinski definition) is 2. The van der Waals surface area contributed by atoms with Gasteiger partial charge in [0.05, 0.1) is 11.0 Å². The standard InChI is InChI=1S/C40H24O2/c1-3-13-25(14-4-1)35-24-33-36(41-35)23-32-27-17-11-12-22-34(27)42-40(32)39(33)38-30-20-9-7-18-28(30)37(26-15-5-2-6-16-26)29-19-8-10-21-31(29)38/h1-24H/i7D,8D,9D,10D,18D,19D,20D,21D. The Bertz CT molecular complexity index is 2810. The average molecular weight is 545 g/mol. The van der Waals surface area contributed by atoms with Gasteiger partial charge in [0.1, 0.15) is 22.5 Å². The first-order valence-electron chi connectivity index (χ1n) is 17.6. The largest absolute Gasteiger partial charge is 0.456 e. The Hall–Kier alpha value is -5.60. The lowest BCUT2D eigenvalue weighted by Crippen LogP contribution is -1.91. The zero-order valence-corrected chi connectivity index (χ0v) is 22.1. The van der Waals surface area contributed by atoms with Crippen LogP contribution in [0.1, 0.15) is 11.0 Å². The molecule has 0 bridgehead atoms. The Morgan fingerprint density at radius 2 is 0.976 bits per heavy atom. The normalized spacial score (nSPS) is 14.5. The molecule has 0 atom stereocenters. The lowest BCUT2D eigenvalue weighted by atomic mass is 9.84. The molecule has 0 aliphatic rings. The van der Waals surface area contributed by atoms with Gasteiger partial charge in [-0.25, -0.2) is 0 Å². The van der Waals surface area contributed by atoms with Gasteiger partial charge in [-0.05, 0) is 50.9 Å². The van der Waals surface area contributed by atoms with Crippen LogP contribution < -0.4 is 0 Å². The van der Waals surface area contributed by atoms with E-state index in [1.54, 1.807) is 24.3 Å². The molecule has 2 heteroatoms. The van der Waals surface area contributed by atoms with Crippen molar-refractivity contribution in [3.05, 3.63) is 145 Å². The molecule has 0 aliphatic carbocycles. The summed E-state index contributed by atoms with van der Waals surface area (Å²) in [6, 6.07) is 26.6. The van der Waals surface area contributed by atoms with Gasteiger partial charge in [0.2, 0.25) is 0 Å². The number of hydrogen-bond donors (Lipinski definition) is 0. The van der Waals surface area contributed by atoms with Crippen LogP contribution >= 0.6 is 0 Å². The Morgan fingerprint density at radius 3 is 1.64 bits per heavy atom. The minimum atomic E-state index is -0.465. The molecule has 0 fully saturated rings. The molecule has 9 aromatic rings. The summed E-state index contributed by atoms with van der Waals surface area (Å²) in [5.74, 6) is 0.553. The van der Waals surface area contributed by atoms with Crippen LogP contribution in [0.25, 0.3) is 88.0 Å². The summed E-state index contributed by atoms with van der Waals surface area (Å²) in [5.41, 5.74) is 3.73. The van der Waals surface area contributed by atoms with Crippen molar-refractivity contribution < 1.29 is 19.8 Å². The SMILES string of the molecule is [2H]c1c([2H])c([2H])c2c(-c3c4cc(-c5ccccc5)oc4cc4c3oc3ccccc34)c3c([2H])c([2H])c([2H])c([2H])c3c(-c3ccccc3)c2c1[2H]. The molecular weight excluding hydrogens is 512 g/mol. The van der Waals surface area contributed by atoms with E-state index in [1.165, 1.54) is 0 Å². The van der Waals surface area contributed by atoms with Gasteiger partial charge in [0.15, 0.2) is 0 Å². The van der Waals surface area contributed by atoms with Crippen LogP contribution in [-0.2, 0) is 0 Å². The second-order valence-corrected chi connectivity index (χ2v) is 10.2. The summed E-state index contributed by atoms with van der Waals surface area (Å²) in [4.78, 5) is 0. The first-order valence-corrected chi connectivity index (χ1v) is 13.6. The second kappa shape index (κ2) is 8.95. The van der Waals surface area contributed by atoms with Gasteiger partial charge < -0.3 is 8.83 Å². The maximum Gasteiger partial charge on any atom is 0.144 e. The van der Waals surface area contributed by atoms with E-state index in [1.807, 2.05) is 72.8 Å². The highest BCUT2D eigenvalue weighted by Crippen LogP contribution is 2.49. The van der Waals surface area contributed by atoms with Crippen LogP contribution in [0.4, 0.5) is 0 Å². The first-order chi connectivity index (χ1) is 24.2. The summed E-state index contributed by atoms with van der Waals surface area (Å²) >= 11 is 0. The zero-order valence-electron chi connectivity index (χ0n) is 30.1. The number of para-hydroxylation sites is 1. The molecule has 7 aromatic carbocycles. The van der Waals surface area contributed by atoms with Crippen molar-refractivity contribution in [3.8, 4) is 33.6 Å². The summed E-state index contributed by atoms with van der Waals surface area (Å²) in [6.07, 6.45) is 0. The van der Waals surface area contributed by atoms with Gasteiger partial charge in [-0.3, -0.25) is 0 Å². The van der Waals surface area contributed by atoms with Crippen LogP contribution in [0.2, 0.25) is 0 Å². The van der Waals surface area contributed by atoms with Crippen molar-refractivity contribution in [1.29, 1.82) is 0 Å². The third kappa shape index (κ3) is 3.33. The Balaban J connectivity index is 1.63. The van der Waals surface area contributed by atoms with Gasteiger partial charge in [-0.2, -0.15) is 0 Å². The van der Waals surface area contributed by atoms with Gasteiger partial charge in [-0.1, -0.05) is 127 Å². The molecule has 196 valence electrons. The van der Waals surface area contributed by atoms with Crippen LogP contribution in [-0.4, -0.2) is 0 Å². The quantitative estimate of drug-likeness (QED) is 0.207. The van der Waals surface area contributed by atoms with Crippen LogP contribution in [0.15, 0.2) is 154 Å². The lowest BCUT2D eigenvalue weighted by Gasteiger charge is -2.18. The van der Waals surface area contributed by atoms with Crippen molar-refractivity contribution in [2.75, 3.05) is 0 Å².